The van der Waals surface area contributed by atoms with E-state index < -0.39 is 10.8 Å². The van der Waals surface area contributed by atoms with Crippen molar-refractivity contribution in [2.75, 3.05) is 18.5 Å². The van der Waals surface area contributed by atoms with E-state index in [1.807, 2.05) is 0 Å². The highest BCUT2D eigenvalue weighted by Gasteiger charge is 2.15. The Hall–Kier alpha value is -2.87. The number of nitrogens with two attached hydrogens (primary N) is 1. The number of hydrogen-bond acceptors (Lipinski definition) is 5. The van der Waals surface area contributed by atoms with Crippen molar-refractivity contribution in [2.45, 2.75) is 0 Å². The van der Waals surface area contributed by atoms with E-state index in [1.165, 1.54) is 12.1 Å². The molecule has 8 nitrogen and oxygen atoms in total. The molecule has 1 amide bonds. The molecule has 2 aromatic rings. The number of anilines is 1. The predicted molar refractivity (Wildman–Crippen MR) is 76.4 cm³/mol. The van der Waals surface area contributed by atoms with Crippen molar-refractivity contribution in [3.05, 3.63) is 52.2 Å². The summed E-state index contributed by atoms with van der Waals surface area (Å²) in [6, 6.07) is 9.32. The van der Waals surface area contributed by atoms with E-state index in [1.54, 1.807) is 24.3 Å². The molecule has 8 heteroatoms. The van der Waals surface area contributed by atoms with Gasteiger partial charge in [-0.15, -0.1) is 0 Å². The van der Waals surface area contributed by atoms with Gasteiger partial charge < -0.3 is 25.9 Å². The quantitative estimate of drug-likeness (QED) is 0.549. The maximum absolute atomic E-state index is 11.9. The summed E-state index contributed by atoms with van der Waals surface area (Å²) in [6.07, 6.45) is 0. The second-order valence-electron chi connectivity index (χ2n) is 4.13. The van der Waals surface area contributed by atoms with E-state index >= 15 is 0 Å². The van der Waals surface area contributed by atoms with E-state index in [0.29, 0.717) is 24.6 Å². The Bertz CT molecular complexity index is 636. The maximum Gasteiger partial charge on any atom is 0.321 e. The average molecular weight is 290 g/mol. The Kier molecular flexibility index (Phi) is 4.52. The lowest BCUT2D eigenvalue weighted by molar-refractivity contribution is -0.389. The third-order valence-electron chi connectivity index (χ3n) is 2.61. The van der Waals surface area contributed by atoms with Crippen LogP contribution < -0.4 is 15.8 Å². The number of rotatable bonds is 6. The third-order valence-corrected chi connectivity index (χ3v) is 2.61. The maximum atomic E-state index is 11.9. The van der Waals surface area contributed by atoms with Crippen molar-refractivity contribution in [1.29, 1.82) is 0 Å². The van der Waals surface area contributed by atoms with Gasteiger partial charge in [0.15, 0.2) is 5.69 Å². The summed E-state index contributed by atoms with van der Waals surface area (Å²) in [6.45, 7) is 0.835. The molecular weight excluding hydrogens is 276 g/mol. The van der Waals surface area contributed by atoms with Crippen LogP contribution in [0.5, 0.6) is 5.75 Å². The minimum absolute atomic E-state index is 0.116. The summed E-state index contributed by atoms with van der Waals surface area (Å²) >= 11 is 0. The van der Waals surface area contributed by atoms with Gasteiger partial charge in [-0.3, -0.25) is 4.79 Å². The van der Waals surface area contributed by atoms with E-state index in [-0.39, 0.29) is 11.5 Å². The third kappa shape index (κ3) is 3.80. The Morgan fingerprint density at radius 1 is 1.29 bits per heavy atom. The normalized spacial score (nSPS) is 10.1. The second-order valence-corrected chi connectivity index (χ2v) is 4.13. The summed E-state index contributed by atoms with van der Waals surface area (Å²) in [5.41, 5.74) is 6.00. The van der Waals surface area contributed by atoms with Crippen LogP contribution in [0.2, 0.25) is 0 Å². The van der Waals surface area contributed by atoms with Crippen LogP contribution in [0.3, 0.4) is 0 Å². The van der Waals surface area contributed by atoms with E-state index in [4.69, 9.17) is 10.5 Å². The molecule has 0 aliphatic rings. The zero-order chi connectivity index (χ0) is 15.2. The Balaban J connectivity index is 2.00. The highest BCUT2D eigenvalue weighted by molar-refractivity contribution is 6.03. The molecule has 21 heavy (non-hydrogen) atoms. The van der Waals surface area contributed by atoms with Crippen LogP contribution in [0, 0.1) is 10.1 Å². The number of H-pyrrole nitrogens is 1. The van der Waals surface area contributed by atoms with Gasteiger partial charge in [0.05, 0.1) is 0 Å². The van der Waals surface area contributed by atoms with Crippen LogP contribution in [-0.4, -0.2) is 29.0 Å². The molecule has 0 saturated heterocycles. The minimum Gasteiger partial charge on any atom is -0.492 e. The molecule has 0 unspecified atom stereocenters. The van der Waals surface area contributed by atoms with E-state index in [2.05, 4.69) is 10.3 Å². The molecule has 0 bridgehead atoms. The number of nitrogens with one attached hydrogen (secondary N) is 2. The first-order chi connectivity index (χ1) is 10.1. The van der Waals surface area contributed by atoms with Crippen LogP contribution in [0.1, 0.15) is 10.5 Å². The van der Waals surface area contributed by atoms with Crippen molar-refractivity contribution in [1.82, 2.24) is 4.98 Å². The average Bonchev–Trinajstić information content (AvgIpc) is 2.97. The first kappa shape index (κ1) is 14.5. The van der Waals surface area contributed by atoms with E-state index in [9.17, 15) is 14.9 Å². The molecule has 0 atom stereocenters. The van der Waals surface area contributed by atoms with Gasteiger partial charge in [-0.1, -0.05) is 0 Å². The van der Waals surface area contributed by atoms with Crippen molar-refractivity contribution in [3.63, 3.8) is 0 Å². The van der Waals surface area contributed by atoms with Gasteiger partial charge in [0.1, 0.15) is 12.4 Å². The lowest BCUT2D eigenvalue weighted by Crippen LogP contribution is -2.12. The topological polar surface area (TPSA) is 123 Å². The number of aromatic nitrogens is 1. The van der Waals surface area contributed by atoms with Crippen molar-refractivity contribution in [3.8, 4) is 5.75 Å². The summed E-state index contributed by atoms with van der Waals surface area (Å²) in [5.74, 6) is -0.0432. The number of nitrogens with zero attached hydrogens (tertiary/aromatic N) is 1. The van der Waals surface area contributed by atoms with Gasteiger partial charge in [0, 0.05) is 18.3 Å². The predicted octanol–water partition coefficient (Wildman–Crippen LogP) is 1.51. The summed E-state index contributed by atoms with van der Waals surface area (Å²) in [7, 11) is 0. The van der Waals surface area contributed by atoms with Gasteiger partial charge in [0.2, 0.25) is 0 Å². The number of hydrogen-bond donors (Lipinski definition) is 3. The number of carbonyl (C=O) groups excluding carboxylic acids is 1. The smallest absolute Gasteiger partial charge is 0.321 e. The van der Waals surface area contributed by atoms with Gasteiger partial charge in [-0.2, -0.15) is 0 Å². The lowest BCUT2D eigenvalue weighted by Gasteiger charge is -2.06. The van der Waals surface area contributed by atoms with Crippen LogP contribution in [-0.2, 0) is 0 Å². The first-order valence-corrected chi connectivity index (χ1v) is 6.18. The zero-order valence-electron chi connectivity index (χ0n) is 11.0. The summed E-state index contributed by atoms with van der Waals surface area (Å²) in [4.78, 5) is 24.3. The zero-order valence-corrected chi connectivity index (χ0v) is 11.0. The van der Waals surface area contributed by atoms with Gasteiger partial charge in [-0.05, 0) is 35.3 Å². The lowest BCUT2D eigenvalue weighted by atomic mass is 10.3. The molecule has 1 aromatic heterocycles. The molecule has 1 heterocycles. The Morgan fingerprint density at radius 3 is 2.57 bits per heavy atom. The number of amides is 1. The second kappa shape index (κ2) is 6.53. The fourth-order valence-electron chi connectivity index (χ4n) is 1.63. The SMILES string of the molecule is NCCOc1ccc(NC(=O)c2ccc([N+](=O)[O-])[nH]2)cc1. The Labute approximate surface area is 120 Å². The molecule has 0 saturated carbocycles. The standard InChI is InChI=1S/C13H14N4O4/c14-7-8-21-10-3-1-9(2-4-10)15-13(18)11-5-6-12(16-11)17(19)20/h1-6,16H,7-8,14H2,(H,15,18). The van der Waals surface area contributed by atoms with Crippen LogP contribution >= 0.6 is 0 Å². The molecule has 2 rings (SSSR count). The first-order valence-electron chi connectivity index (χ1n) is 6.18. The molecular formula is C13H14N4O4. The van der Waals surface area contributed by atoms with Gasteiger partial charge in [-0.25, -0.2) is 4.98 Å². The highest BCUT2D eigenvalue weighted by Crippen LogP contribution is 2.17. The van der Waals surface area contributed by atoms with Crippen molar-refractivity contribution < 1.29 is 14.5 Å². The monoisotopic (exact) mass is 290 g/mol. The fourth-order valence-corrected chi connectivity index (χ4v) is 1.63. The fraction of sp³-hybridized carbons (Fsp3) is 0.154. The number of nitro groups is 1. The number of benzene rings is 1. The van der Waals surface area contributed by atoms with Gasteiger partial charge in [0.25, 0.3) is 5.91 Å². The molecule has 4 N–H and O–H groups in total. The van der Waals surface area contributed by atoms with Gasteiger partial charge >= 0.3 is 5.82 Å². The van der Waals surface area contributed by atoms with Crippen LogP contribution in [0.25, 0.3) is 0 Å². The largest absolute Gasteiger partial charge is 0.492 e. The minimum atomic E-state index is -0.597. The number of aromatic amines is 1. The van der Waals surface area contributed by atoms with E-state index in [0.717, 1.165) is 0 Å². The molecule has 0 radical (unpaired) electrons. The Morgan fingerprint density at radius 2 is 2.00 bits per heavy atom. The molecule has 1 aromatic carbocycles. The number of ether oxygens (including phenoxy) is 1. The van der Waals surface area contributed by atoms with Crippen LogP contribution in [0.4, 0.5) is 11.5 Å². The van der Waals surface area contributed by atoms with Crippen molar-refractivity contribution in [2.24, 2.45) is 5.73 Å². The van der Waals surface area contributed by atoms with Crippen LogP contribution in [0.15, 0.2) is 36.4 Å². The summed E-state index contributed by atoms with van der Waals surface area (Å²) in [5, 5.41) is 13.2. The molecule has 0 fully saturated rings. The summed E-state index contributed by atoms with van der Waals surface area (Å²) < 4.78 is 5.31. The molecule has 110 valence electrons. The number of carbonyl (C=O) groups is 1. The highest BCUT2D eigenvalue weighted by atomic mass is 16.6. The van der Waals surface area contributed by atoms with Crippen molar-refractivity contribution >= 4 is 17.4 Å². The molecule has 0 aliphatic heterocycles. The molecule has 0 aliphatic carbocycles. The molecule has 0 spiro atoms.